The minimum Gasteiger partial charge on any atom is -0.480 e. The first kappa shape index (κ1) is 25.2. The standard InChI is InChI=1S/C18H32N4O6S/c1-9(2)7-11(18(27)28)20-15(24)13-5-4-6-22(13)17(26)12(8-29)21-16(25)14(19)10(3)23/h9-14,23,29H,4-8,19H2,1-3H3,(H,20,24)(H,21,25)(H,27,28). The van der Waals surface area contributed by atoms with E-state index in [2.05, 4.69) is 23.3 Å². The number of carbonyl (C=O) groups excluding carboxylic acids is 3. The summed E-state index contributed by atoms with van der Waals surface area (Å²) < 4.78 is 0. The monoisotopic (exact) mass is 432 g/mol. The van der Waals surface area contributed by atoms with Crippen LogP contribution in [0.1, 0.15) is 40.0 Å². The molecule has 1 aliphatic heterocycles. The SMILES string of the molecule is CC(C)CC(NC(=O)C1CCCN1C(=O)C(CS)NC(=O)C(N)C(C)O)C(=O)O. The summed E-state index contributed by atoms with van der Waals surface area (Å²) in [6, 6.07) is -4.07. The second-order valence-electron chi connectivity index (χ2n) is 7.73. The lowest BCUT2D eigenvalue weighted by Gasteiger charge is -2.29. The highest BCUT2D eigenvalue weighted by molar-refractivity contribution is 7.80. The van der Waals surface area contributed by atoms with E-state index in [0.717, 1.165) is 0 Å². The first-order chi connectivity index (χ1) is 13.5. The number of aliphatic carboxylic acids is 1. The minimum atomic E-state index is -1.20. The van der Waals surface area contributed by atoms with Gasteiger partial charge < -0.3 is 31.5 Å². The van der Waals surface area contributed by atoms with Crippen molar-refractivity contribution in [1.82, 2.24) is 15.5 Å². The number of rotatable bonds is 10. The van der Waals surface area contributed by atoms with Crippen molar-refractivity contribution in [2.24, 2.45) is 11.7 Å². The average molecular weight is 433 g/mol. The number of thiol groups is 1. The molecule has 11 heteroatoms. The Morgan fingerprint density at radius 3 is 2.28 bits per heavy atom. The first-order valence-corrected chi connectivity index (χ1v) is 10.3. The van der Waals surface area contributed by atoms with Crippen molar-refractivity contribution in [2.75, 3.05) is 12.3 Å². The Morgan fingerprint density at radius 2 is 1.79 bits per heavy atom. The third kappa shape index (κ3) is 7.16. The van der Waals surface area contributed by atoms with Gasteiger partial charge in [0.15, 0.2) is 0 Å². The van der Waals surface area contributed by atoms with E-state index in [1.807, 2.05) is 13.8 Å². The summed E-state index contributed by atoms with van der Waals surface area (Å²) in [5.41, 5.74) is 5.58. The Morgan fingerprint density at radius 1 is 1.17 bits per heavy atom. The van der Waals surface area contributed by atoms with E-state index in [-0.39, 0.29) is 18.1 Å². The van der Waals surface area contributed by atoms with Gasteiger partial charge in [0, 0.05) is 12.3 Å². The van der Waals surface area contributed by atoms with Crippen LogP contribution in [-0.2, 0) is 19.2 Å². The number of hydrogen-bond acceptors (Lipinski definition) is 7. The summed E-state index contributed by atoms with van der Waals surface area (Å²) in [5.74, 6) is -2.81. The Hall–Kier alpha value is -1.85. The van der Waals surface area contributed by atoms with Gasteiger partial charge in [0.25, 0.3) is 0 Å². The lowest BCUT2D eigenvalue weighted by molar-refractivity contribution is -0.145. The van der Waals surface area contributed by atoms with Gasteiger partial charge in [-0.1, -0.05) is 13.8 Å². The van der Waals surface area contributed by atoms with Crippen LogP contribution in [0.3, 0.4) is 0 Å². The molecule has 1 fully saturated rings. The summed E-state index contributed by atoms with van der Waals surface area (Å²) in [6.07, 6.45) is 0.150. The van der Waals surface area contributed by atoms with E-state index in [0.29, 0.717) is 19.4 Å². The highest BCUT2D eigenvalue weighted by Crippen LogP contribution is 2.19. The second kappa shape index (κ2) is 11.4. The van der Waals surface area contributed by atoms with Crippen LogP contribution in [0.2, 0.25) is 0 Å². The summed E-state index contributed by atoms with van der Waals surface area (Å²) in [4.78, 5) is 50.3. The Kier molecular flexibility index (Phi) is 9.87. The maximum absolute atomic E-state index is 12.9. The topological polar surface area (TPSA) is 162 Å². The van der Waals surface area contributed by atoms with E-state index in [9.17, 15) is 29.4 Å². The lowest BCUT2D eigenvalue weighted by Crippen LogP contribution is -2.58. The van der Waals surface area contributed by atoms with Crippen LogP contribution in [-0.4, -0.2) is 81.4 Å². The number of nitrogens with zero attached hydrogens (tertiary/aromatic N) is 1. The molecule has 1 saturated heterocycles. The largest absolute Gasteiger partial charge is 0.480 e. The van der Waals surface area contributed by atoms with Crippen LogP contribution >= 0.6 is 12.6 Å². The Balaban J connectivity index is 2.84. The number of carboxylic acids is 1. The van der Waals surface area contributed by atoms with Crippen LogP contribution in [0.4, 0.5) is 0 Å². The molecule has 166 valence electrons. The van der Waals surface area contributed by atoms with E-state index in [1.165, 1.54) is 11.8 Å². The predicted octanol–water partition coefficient (Wildman–Crippen LogP) is -1.28. The lowest BCUT2D eigenvalue weighted by atomic mass is 10.0. The van der Waals surface area contributed by atoms with Gasteiger partial charge in [0.2, 0.25) is 17.7 Å². The molecule has 1 heterocycles. The van der Waals surface area contributed by atoms with Gasteiger partial charge in [0.1, 0.15) is 24.2 Å². The van der Waals surface area contributed by atoms with Crippen molar-refractivity contribution in [3.8, 4) is 0 Å². The van der Waals surface area contributed by atoms with Crippen molar-refractivity contribution in [1.29, 1.82) is 0 Å². The van der Waals surface area contributed by atoms with Crippen molar-refractivity contribution < 1.29 is 29.4 Å². The Bertz CT molecular complexity index is 615. The number of carboxylic acid groups (broad SMARTS) is 1. The number of amides is 3. The number of nitrogens with two attached hydrogens (primary N) is 1. The smallest absolute Gasteiger partial charge is 0.326 e. The molecule has 5 atom stereocenters. The summed E-state index contributed by atoms with van der Waals surface area (Å²) >= 11 is 4.10. The molecule has 5 unspecified atom stereocenters. The molecular weight excluding hydrogens is 400 g/mol. The molecule has 3 amide bonds. The molecule has 0 aromatic rings. The van der Waals surface area contributed by atoms with Crippen molar-refractivity contribution in [2.45, 2.75) is 70.3 Å². The van der Waals surface area contributed by atoms with Crippen molar-refractivity contribution >= 4 is 36.3 Å². The van der Waals surface area contributed by atoms with Crippen LogP contribution in [0.25, 0.3) is 0 Å². The quantitative estimate of drug-likeness (QED) is 0.234. The molecule has 0 radical (unpaired) electrons. The molecule has 0 aromatic heterocycles. The third-order valence-electron chi connectivity index (χ3n) is 4.78. The molecule has 0 aromatic carbocycles. The van der Waals surface area contributed by atoms with Gasteiger partial charge >= 0.3 is 5.97 Å². The fourth-order valence-electron chi connectivity index (χ4n) is 3.14. The van der Waals surface area contributed by atoms with E-state index in [4.69, 9.17) is 5.73 Å². The first-order valence-electron chi connectivity index (χ1n) is 9.68. The molecule has 0 aliphatic carbocycles. The van der Waals surface area contributed by atoms with E-state index < -0.39 is 54.0 Å². The molecule has 1 rings (SSSR count). The van der Waals surface area contributed by atoms with E-state index in [1.54, 1.807) is 0 Å². The van der Waals surface area contributed by atoms with Gasteiger partial charge in [-0.3, -0.25) is 14.4 Å². The van der Waals surface area contributed by atoms with Crippen molar-refractivity contribution in [3.05, 3.63) is 0 Å². The molecule has 10 nitrogen and oxygen atoms in total. The van der Waals surface area contributed by atoms with Crippen LogP contribution < -0.4 is 16.4 Å². The molecule has 0 saturated carbocycles. The molecular formula is C18H32N4O6S. The van der Waals surface area contributed by atoms with Gasteiger partial charge in [-0.05, 0) is 32.1 Å². The highest BCUT2D eigenvalue weighted by Gasteiger charge is 2.39. The van der Waals surface area contributed by atoms with Gasteiger partial charge in [-0.2, -0.15) is 12.6 Å². The second-order valence-corrected chi connectivity index (χ2v) is 8.09. The number of aliphatic hydroxyl groups is 1. The molecule has 1 aliphatic rings. The zero-order valence-electron chi connectivity index (χ0n) is 17.0. The molecule has 6 N–H and O–H groups in total. The number of aliphatic hydroxyl groups excluding tert-OH is 1. The summed E-state index contributed by atoms with van der Waals surface area (Å²) in [5, 5.41) is 23.7. The zero-order valence-corrected chi connectivity index (χ0v) is 17.9. The maximum atomic E-state index is 12.9. The summed E-state index contributed by atoms with van der Waals surface area (Å²) in [7, 11) is 0. The number of carbonyl (C=O) groups is 4. The van der Waals surface area contributed by atoms with Crippen LogP contribution in [0.15, 0.2) is 0 Å². The van der Waals surface area contributed by atoms with Crippen LogP contribution in [0.5, 0.6) is 0 Å². The molecule has 0 spiro atoms. The van der Waals surface area contributed by atoms with E-state index >= 15 is 0 Å². The third-order valence-corrected chi connectivity index (χ3v) is 5.14. The average Bonchev–Trinajstić information content (AvgIpc) is 3.13. The highest BCUT2D eigenvalue weighted by atomic mass is 32.1. The fourth-order valence-corrected chi connectivity index (χ4v) is 3.38. The maximum Gasteiger partial charge on any atom is 0.326 e. The summed E-state index contributed by atoms with van der Waals surface area (Å²) in [6.45, 7) is 5.37. The van der Waals surface area contributed by atoms with Gasteiger partial charge in [-0.15, -0.1) is 0 Å². The minimum absolute atomic E-state index is 0.0208. The normalized spacial score (nSPS) is 20.7. The number of likely N-dealkylation sites (tertiary alicyclic amines) is 1. The zero-order chi connectivity index (χ0) is 22.3. The van der Waals surface area contributed by atoms with Gasteiger partial charge in [0.05, 0.1) is 6.10 Å². The molecule has 0 bridgehead atoms. The van der Waals surface area contributed by atoms with Crippen molar-refractivity contribution in [3.63, 3.8) is 0 Å². The Labute approximate surface area is 176 Å². The number of nitrogens with one attached hydrogen (secondary N) is 2. The van der Waals surface area contributed by atoms with Crippen LogP contribution in [0, 0.1) is 5.92 Å². The fraction of sp³-hybridized carbons (Fsp3) is 0.778. The predicted molar refractivity (Wildman–Crippen MR) is 109 cm³/mol. The number of hydrogen-bond donors (Lipinski definition) is 6. The van der Waals surface area contributed by atoms with Gasteiger partial charge in [-0.25, -0.2) is 4.79 Å². The molecule has 29 heavy (non-hydrogen) atoms.